The number of likely N-dealkylation sites (tertiary alicyclic amines) is 1. The van der Waals surface area contributed by atoms with Crippen molar-refractivity contribution >= 4 is 17.5 Å². The monoisotopic (exact) mass is 330 g/mol. The maximum atomic E-state index is 12.3. The van der Waals surface area contributed by atoms with Gasteiger partial charge in [0.25, 0.3) is 5.91 Å². The van der Waals surface area contributed by atoms with Crippen LogP contribution in [0.4, 0.5) is 5.69 Å². The highest BCUT2D eigenvalue weighted by Crippen LogP contribution is 2.28. The highest BCUT2D eigenvalue weighted by molar-refractivity contribution is 5.97. The largest absolute Gasteiger partial charge is 0.349 e. The maximum Gasteiger partial charge on any atom is 0.251 e. The van der Waals surface area contributed by atoms with E-state index in [1.165, 1.54) is 0 Å². The normalized spacial score (nSPS) is 23.9. The number of rotatable bonds is 6. The van der Waals surface area contributed by atoms with Gasteiger partial charge in [0.05, 0.1) is 6.54 Å². The number of carbonyl (C=O) groups is 2. The van der Waals surface area contributed by atoms with Crippen LogP contribution in [0.3, 0.4) is 0 Å². The zero-order chi connectivity index (χ0) is 17.2. The van der Waals surface area contributed by atoms with E-state index in [1.54, 1.807) is 24.3 Å². The fourth-order valence-corrected chi connectivity index (χ4v) is 3.07. The van der Waals surface area contributed by atoms with Crippen molar-refractivity contribution in [2.24, 2.45) is 11.1 Å². The average Bonchev–Trinajstić information content (AvgIpc) is 3.29. The lowest BCUT2D eigenvalue weighted by Crippen LogP contribution is -2.35. The summed E-state index contributed by atoms with van der Waals surface area (Å²) in [7, 11) is 0. The summed E-state index contributed by atoms with van der Waals surface area (Å²) in [4.78, 5) is 26.5. The smallest absolute Gasteiger partial charge is 0.251 e. The van der Waals surface area contributed by atoms with E-state index in [9.17, 15) is 9.59 Å². The zero-order valence-corrected chi connectivity index (χ0v) is 14.2. The van der Waals surface area contributed by atoms with E-state index < -0.39 is 0 Å². The number of nitrogens with one attached hydrogen (secondary N) is 2. The predicted molar refractivity (Wildman–Crippen MR) is 93.8 cm³/mol. The highest BCUT2D eigenvalue weighted by Gasteiger charge is 2.33. The molecule has 1 aromatic rings. The van der Waals surface area contributed by atoms with Crippen LogP contribution in [0.1, 0.15) is 36.5 Å². The molecule has 1 saturated heterocycles. The van der Waals surface area contributed by atoms with E-state index in [0.717, 1.165) is 32.4 Å². The molecule has 0 radical (unpaired) electrons. The van der Waals surface area contributed by atoms with E-state index in [2.05, 4.69) is 22.5 Å². The third-order valence-corrected chi connectivity index (χ3v) is 4.82. The van der Waals surface area contributed by atoms with Crippen LogP contribution in [0, 0.1) is 5.41 Å². The molecule has 2 aliphatic rings. The minimum Gasteiger partial charge on any atom is -0.349 e. The van der Waals surface area contributed by atoms with Gasteiger partial charge in [-0.05, 0) is 56.0 Å². The predicted octanol–water partition coefficient (Wildman–Crippen LogP) is 1.19. The first-order chi connectivity index (χ1) is 11.5. The Morgan fingerprint density at radius 3 is 2.83 bits per heavy atom. The first-order valence-electron chi connectivity index (χ1n) is 8.61. The molecule has 0 aromatic heterocycles. The molecule has 24 heavy (non-hydrogen) atoms. The summed E-state index contributed by atoms with van der Waals surface area (Å²) in [5, 5.41) is 5.84. The summed E-state index contributed by atoms with van der Waals surface area (Å²) in [6, 6.07) is 7.41. The Morgan fingerprint density at radius 1 is 1.38 bits per heavy atom. The number of nitrogens with zero attached hydrogens (tertiary/aromatic N) is 1. The molecule has 6 heteroatoms. The summed E-state index contributed by atoms with van der Waals surface area (Å²) >= 11 is 0. The van der Waals surface area contributed by atoms with Crippen molar-refractivity contribution in [2.75, 3.05) is 31.5 Å². The van der Waals surface area contributed by atoms with E-state index in [0.29, 0.717) is 30.4 Å². The van der Waals surface area contributed by atoms with Crippen LogP contribution >= 0.6 is 0 Å². The SMILES string of the molecule is CC1(CN)CCN(CC(=O)Nc2cccc(C(=O)NC3CC3)c2)C1. The first kappa shape index (κ1) is 16.9. The quantitative estimate of drug-likeness (QED) is 0.731. The molecule has 0 bridgehead atoms. The van der Waals surface area contributed by atoms with Gasteiger partial charge >= 0.3 is 0 Å². The molecule has 0 spiro atoms. The molecule has 6 nitrogen and oxygen atoms in total. The number of anilines is 1. The molecular weight excluding hydrogens is 304 g/mol. The van der Waals surface area contributed by atoms with Gasteiger partial charge in [0, 0.05) is 23.8 Å². The third kappa shape index (κ3) is 4.33. The molecule has 130 valence electrons. The van der Waals surface area contributed by atoms with Crippen molar-refractivity contribution in [3.63, 3.8) is 0 Å². The summed E-state index contributed by atoms with van der Waals surface area (Å²) < 4.78 is 0. The highest BCUT2D eigenvalue weighted by atomic mass is 16.2. The summed E-state index contributed by atoms with van der Waals surface area (Å²) in [6.45, 7) is 4.90. The van der Waals surface area contributed by atoms with Crippen molar-refractivity contribution in [1.82, 2.24) is 10.2 Å². The molecule has 1 aliphatic carbocycles. The second kappa shape index (κ2) is 6.91. The first-order valence-corrected chi connectivity index (χ1v) is 8.61. The van der Waals surface area contributed by atoms with Gasteiger partial charge < -0.3 is 16.4 Å². The van der Waals surface area contributed by atoms with Crippen LogP contribution in [0.15, 0.2) is 24.3 Å². The lowest BCUT2D eigenvalue weighted by Gasteiger charge is -2.22. The van der Waals surface area contributed by atoms with E-state index in [4.69, 9.17) is 5.73 Å². The minimum absolute atomic E-state index is 0.0592. The Kier molecular flexibility index (Phi) is 4.87. The lowest BCUT2D eigenvalue weighted by molar-refractivity contribution is -0.117. The number of benzene rings is 1. The Hall–Kier alpha value is -1.92. The Bertz CT molecular complexity index is 629. The zero-order valence-electron chi connectivity index (χ0n) is 14.2. The second-order valence-electron chi connectivity index (χ2n) is 7.35. The van der Waals surface area contributed by atoms with Gasteiger partial charge in [0.1, 0.15) is 0 Å². The second-order valence-corrected chi connectivity index (χ2v) is 7.35. The van der Waals surface area contributed by atoms with E-state index in [1.807, 2.05) is 0 Å². The maximum absolute atomic E-state index is 12.3. The van der Waals surface area contributed by atoms with Crippen molar-refractivity contribution in [3.8, 4) is 0 Å². The Labute approximate surface area is 142 Å². The van der Waals surface area contributed by atoms with Crippen LogP contribution in [0.5, 0.6) is 0 Å². The van der Waals surface area contributed by atoms with Crippen molar-refractivity contribution in [1.29, 1.82) is 0 Å². The molecular formula is C18H26N4O2. The van der Waals surface area contributed by atoms with Crippen LogP contribution in [-0.2, 0) is 4.79 Å². The molecule has 2 amide bonds. The van der Waals surface area contributed by atoms with Gasteiger partial charge in [-0.25, -0.2) is 0 Å². The van der Waals surface area contributed by atoms with E-state index in [-0.39, 0.29) is 17.2 Å². The van der Waals surface area contributed by atoms with Crippen molar-refractivity contribution < 1.29 is 9.59 Å². The molecule has 1 saturated carbocycles. The van der Waals surface area contributed by atoms with E-state index >= 15 is 0 Å². The standard InChI is InChI=1S/C18H26N4O2/c1-18(11-19)7-8-22(12-18)10-16(23)20-15-4-2-3-13(9-15)17(24)21-14-5-6-14/h2-4,9,14H,5-8,10-12,19H2,1H3,(H,20,23)(H,21,24). The number of carbonyl (C=O) groups excluding carboxylic acids is 2. The van der Waals surface area contributed by atoms with Crippen LogP contribution < -0.4 is 16.4 Å². The van der Waals surface area contributed by atoms with Gasteiger partial charge in [-0.1, -0.05) is 13.0 Å². The number of amides is 2. The van der Waals surface area contributed by atoms with Crippen LogP contribution in [0.25, 0.3) is 0 Å². The molecule has 1 aliphatic heterocycles. The third-order valence-electron chi connectivity index (χ3n) is 4.82. The molecule has 1 heterocycles. The average molecular weight is 330 g/mol. The fraction of sp³-hybridized carbons (Fsp3) is 0.556. The van der Waals surface area contributed by atoms with Crippen LogP contribution in [0.2, 0.25) is 0 Å². The lowest BCUT2D eigenvalue weighted by atomic mass is 9.90. The molecule has 3 rings (SSSR count). The Balaban J connectivity index is 1.53. The number of nitrogens with two attached hydrogens (primary N) is 1. The topological polar surface area (TPSA) is 87.5 Å². The van der Waals surface area contributed by atoms with Gasteiger partial charge in [-0.3, -0.25) is 14.5 Å². The minimum atomic E-state index is -0.0770. The van der Waals surface area contributed by atoms with Gasteiger partial charge in [-0.15, -0.1) is 0 Å². The fourth-order valence-electron chi connectivity index (χ4n) is 3.07. The van der Waals surface area contributed by atoms with Gasteiger partial charge in [0.15, 0.2) is 0 Å². The molecule has 4 N–H and O–H groups in total. The van der Waals surface area contributed by atoms with Crippen molar-refractivity contribution in [2.45, 2.75) is 32.2 Å². The summed E-state index contributed by atoms with van der Waals surface area (Å²) in [5.41, 5.74) is 7.15. The van der Waals surface area contributed by atoms with Gasteiger partial charge in [0.2, 0.25) is 5.91 Å². The summed E-state index contributed by atoms with van der Waals surface area (Å²) in [6.07, 6.45) is 3.13. The number of hydrogen-bond acceptors (Lipinski definition) is 4. The van der Waals surface area contributed by atoms with Gasteiger partial charge in [-0.2, -0.15) is 0 Å². The molecule has 2 fully saturated rings. The molecule has 1 aromatic carbocycles. The Morgan fingerprint density at radius 2 is 2.17 bits per heavy atom. The summed E-state index contributed by atoms with van der Waals surface area (Å²) in [5.74, 6) is -0.136. The van der Waals surface area contributed by atoms with Crippen LogP contribution in [-0.4, -0.2) is 48.9 Å². The molecule has 1 atom stereocenters. The van der Waals surface area contributed by atoms with Crippen molar-refractivity contribution in [3.05, 3.63) is 29.8 Å². The number of hydrogen-bond donors (Lipinski definition) is 3. The molecule has 1 unspecified atom stereocenters.